The number of rotatable bonds is 3. The van der Waals surface area contributed by atoms with E-state index >= 15 is 0 Å². The summed E-state index contributed by atoms with van der Waals surface area (Å²) >= 11 is 2.68. The summed E-state index contributed by atoms with van der Waals surface area (Å²) in [4.78, 5) is 18.5. The maximum absolute atomic E-state index is 13.7. The Morgan fingerprint density at radius 3 is 2.71 bits per heavy atom. The number of thiophene rings is 1. The summed E-state index contributed by atoms with van der Waals surface area (Å²) in [5.74, 6) is -0.515. The van der Waals surface area contributed by atoms with Crippen molar-refractivity contribution in [3.8, 4) is 10.4 Å². The van der Waals surface area contributed by atoms with Gasteiger partial charge in [0.1, 0.15) is 5.82 Å². The Bertz CT molecular complexity index is 794. The predicted octanol–water partition coefficient (Wildman–Crippen LogP) is 4.57. The van der Waals surface area contributed by atoms with Crippen LogP contribution in [0.15, 0.2) is 42.6 Å². The molecule has 0 saturated carbocycles. The average molecular weight is 318 g/mol. The van der Waals surface area contributed by atoms with Crippen LogP contribution in [0.25, 0.3) is 10.4 Å². The van der Waals surface area contributed by atoms with Crippen LogP contribution in [0.5, 0.6) is 0 Å². The number of carbonyl (C=O) groups excluding carboxylic acids is 1. The number of amides is 1. The van der Waals surface area contributed by atoms with E-state index in [0.717, 1.165) is 9.75 Å². The number of hydrogen-bond donors (Lipinski definition) is 1. The van der Waals surface area contributed by atoms with E-state index in [2.05, 4.69) is 10.3 Å². The molecular formula is C15H11FN2OS2. The van der Waals surface area contributed by atoms with Crippen LogP contribution in [0.2, 0.25) is 0 Å². The van der Waals surface area contributed by atoms with E-state index in [-0.39, 0.29) is 11.7 Å². The molecule has 2 aromatic heterocycles. The lowest BCUT2D eigenvalue weighted by atomic mass is 10.2. The Kier molecular flexibility index (Phi) is 3.81. The number of nitrogens with zero attached hydrogens (tertiary/aromatic N) is 1. The number of thiazole rings is 1. The highest BCUT2D eigenvalue weighted by Gasteiger charge is 2.13. The standard InChI is InChI=1S/C15H11FN2OS2/c1-9-8-17-15(20-9)18-14(19)13-7-6-12(21-13)10-4-2-3-5-11(10)16/h2-8H,1H3,(H,17,18,19). The molecule has 0 aliphatic rings. The highest BCUT2D eigenvalue weighted by Crippen LogP contribution is 2.30. The van der Waals surface area contributed by atoms with Crippen molar-refractivity contribution in [3.05, 3.63) is 58.2 Å². The fourth-order valence-corrected chi connectivity index (χ4v) is 3.42. The summed E-state index contributed by atoms with van der Waals surface area (Å²) in [5.41, 5.74) is 0.506. The van der Waals surface area contributed by atoms with Crippen molar-refractivity contribution in [2.45, 2.75) is 6.92 Å². The Labute approximate surface area is 129 Å². The van der Waals surface area contributed by atoms with Crippen LogP contribution < -0.4 is 5.32 Å². The first-order valence-corrected chi connectivity index (χ1v) is 7.85. The predicted molar refractivity (Wildman–Crippen MR) is 84.5 cm³/mol. The van der Waals surface area contributed by atoms with Gasteiger partial charge in [0.05, 0.1) is 4.88 Å². The van der Waals surface area contributed by atoms with Crippen molar-refractivity contribution >= 4 is 33.7 Å². The SMILES string of the molecule is Cc1cnc(NC(=O)c2ccc(-c3ccccc3F)s2)s1. The molecule has 0 radical (unpaired) electrons. The number of anilines is 1. The summed E-state index contributed by atoms with van der Waals surface area (Å²) in [6.07, 6.45) is 1.71. The van der Waals surface area contributed by atoms with Gasteiger partial charge in [-0.15, -0.1) is 22.7 Å². The van der Waals surface area contributed by atoms with Crippen molar-refractivity contribution < 1.29 is 9.18 Å². The fourth-order valence-electron chi connectivity index (χ4n) is 1.84. The molecule has 21 heavy (non-hydrogen) atoms. The lowest BCUT2D eigenvalue weighted by Crippen LogP contribution is -2.09. The van der Waals surface area contributed by atoms with E-state index in [1.807, 2.05) is 6.92 Å². The zero-order valence-corrected chi connectivity index (χ0v) is 12.7. The van der Waals surface area contributed by atoms with E-state index in [1.54, 1.807) is 36.5 Å². The third-order valence-corrected chi connectivity index (χ3v) is 4.76. The normalized spacial score (nSPS) is 10.6. The number of aromatic nitrogens is 1. The van der Waals surface area contributed by atoms with Crippen molar-refractivity contribution in [2.24, 2.45) is 0 Å². The second-order valence-corrected chi connectivity index (χ2v) is 6.69. The van der Waals surface area contributed by atoms with Crippen molar-refractivity contribution in [1.82, 2.24) is 4.98 Å². The summed E-state index contributed by atoms with van der Waals surface area (Å²) in [6.45, 7) is 1.93. The Morgan fingerprint density at radius 1 is 1.19 bits per heavy atom. The lowest BCUT2D eigenvalue weighted by molar-refractivity contribution is 0.103. The minimum Gasteiger partial charge on any atom is -0.297 e. The molecule has 3 aromatic rings. The maximum atomic E-state index is 13.7. The van der Waals surface area contributed by atoms with Crippen LogP contribution >= 0.6 is 22.7 Å². The Balaban J connectivity index is 1.82. The van der Waals surface area contributed by atoms with Crippen molar-refractivity contribution in [2.75, 3.05) is 5.32 Å². The van der Waals surface area contributed by atoms with Gasteiger partial charge in [0.15, 0.2) is 5.13 Å². The van der Waals surface area contributed by atoms with E-state index in [0.29, 0.717) is 15.6 Å². The van der Waals surface area contributed by atoms with Gasteiger partial charge in [-0.2, -0.15) is 0 Å². The molecule has 1 amide bonds. The van der Waals surface area contributed by atoms with E-state index in [4.69, 9.17) is 0 Å². The molecule has 2 heterocycles. The minimum absolute atomic E-state index is 0.225. The summed E-state index contributed by atoms with van der Waals surface area (Å²) < 4.78 is 13.7. The van der Waals surface area contributed by atoms with Crippen molar-refractivity contribution in [1.29, 1.82) is 0 Å². The van der Waals surface area contributed by atoms with E-state index in [1.165, 1.54) is 28.7 Å². The molecule has 6 heteroatoms. The Morgan fingerprint density at radius 2 is 2.00 bits per heavy atom. The van der Waals surface area contributed by atoms with E-state index in [9.17, 15) is 9.18 Å². The number of carbonyl (C=O) groups is 1. The molecule has 0 atom stereocenters. The van der Waals surface area contributed by atoms with Crippen LogP contribution in [0.1, 0.15) is 14.5 Å². The average Bonchev–Trinajstić information content (AvgIpc) is 3.09. The minimum atomic E-state index is -0.290. The van der Waals surface area contributed by atoms with Gasteiger partial charge in [0, 0.05) is 21.5 Å². The molecule has 1 aromatic carbocycles. The van der Waals surface area contributed by atoms with Gasteiger partial charge in [0.25, 0.3) is 5.91 Å². The fraction of sp³-hybridized carbons (Fsp3) is 0.0667. The molecule has 106 valence electrons. The molecule has 0 aliphatic heterocycles. The van der Waals surface area contributed by atoms with Crippen LogP contribution in [-0.4, -0.2) is 10.9 Å². The summed E-state index contributed by atoms with van der Waals surface area (Å²) in [6, 6.07) is 9.98. The summed E-state index contributed by atoms with van der Waals surface area (Å²) in [7, 11) is 0. The molecule has 0 fully saturated rings. The largest absolute Gasteiger partial charge is 0.297 e. The van der Waals surface area contributed by atoms with Crippen LogP contribution in [-0.2, 0) is 0 Å². The summed E-state index contributed by atoms with van der Waals surface area (Å²) in [5, 5.41) is 3.31. The molecule has 0 unspecified atom stereocenters. The van der Waals surface area contributed by atoms with E-state index < -0.39 is 0 Å². The Hall–Kier alpha value is -2.05. The highest BCUT2D eigenvalue weighted by molar-refractivity contribution is 7.18. The van der Waals surface area contributed by atoms with Gasteiger partial charge in [-0.05, 0) is 25.1 Å². The zero-order chi connectivity index (χ0) is 14.8. The number of halogens is 1. The smallest absolute Gasteiger partial charge is 0.267 e. The molecular weight excluding hydrogens is 307 g/mol. The quantitative estimate of drug-likeness (QED) is 0.768. The van der Waals surface area contributed by atoms with Gasteiger partial charge >= 0.3 is 0 Å². The first-order chi connectivity index (χ1) is 10.1. The van der Waals surface area contributed by atoms with Gasteiger partial charge in [0.2, 0.25) is 0 Å². The third kappa shape index (κ3) is 3.01. The molecule has 3 nitrogen and oxygen atoms in total. The van der Waals surface area contributed by atoms with Gasteiger partial charge in [-0.25, -0.2) is 9.37 Å². The maximum Gasteiger partial charge on any atom is 0.267 e. The highest BCUT2D eigenvalue weighted by atomic mass is 32.1. The second kappa shape index (κ2) is 5.75. The molecule has 0 saturated heterocycles. The van der Waals surface area contributed by atoms with Crippen LogP contribution in [0, 0.1) is 12.7 Å². The molecule has 3 rings (SSSR count). The molecule has 0 bridgehead atoms. The number of benzene rings is 1. The lowest BCUT2D eigenvalue weighted by Gasteiger charge is -1.99. The molecule has 0 spiro atoms. The second-order valence-electron chi connectivity index (χ2n) is 4.37. The van der Waals surface area contributed by atoms with Crippen LogP contribution in [0.3, 0.4) is 0 Å². The van der Waals surface area contributed by atoms with Gasteiger partial charge in [-0.3, -0.25) is 10.1 Å². The zero-order valence-electron chi connectivity index (χ0n) is 11.1. The third-order valence-electron chi connectivity index (χ3n) is 2.81. The van der Waals surface area contributed by atoms with Gasteiger partial charge < -0.3 is 0 Å². The first kappa shape index (κ1) is 13.9. The molecule has 1 N–H and O–H groups in total. The number of hydrogen-bond acceptors (Lipinski definition) is 4. The molecule has 0 aliphatic carbocycles. The topological polar surface area (TPSA) is 42.0 Å². The number of aryl methyl sites for hydroxylation is 1. The first-order valence-electron chi connectivity index (χ1n) is 6.22. The number of nitrogens with one attached hydrogen (secondary N) is 1. The van der Waals surface area contributed by atoms with Crippen LogP contribution in [0.4, 0.5) is 9.52 Å². The monoisotopic (exact) mass is 318 g/mol. The van der Waals surface area contributed by atoms with Crippen molar-refractivity contribution in [3.63, 3.8) is 0 Å². The van der Waals surface area contributed by atoms with Gasteiger partial charge in [-0.1, -0.05) is 18.2 Å².